The first-order chi connectivity index (χ1) is 19.1. The molecule has 0 radical (unpaired) electrons. The van der Waals surface area contributed by atoms with Gasteiger partial charge in [0.15, 0.2) is 0 Å². The lowest BCUT2D eigenvalue weighted by atomic mass is 10.0. The standard InChI is InChI=1S/C31H25FN6O/c32-21-8-3-7-19(13-21)23-9-4-10-26-24(23)15-28(35-26)30-29-27(37-38-30)12-11-25(36-29)20-14-22(17-33-16-20)34-31(39)18-5-1-2-6-18/h3-4,7-18,35H,1-2,5-6H2,(H,34,39)(H,37,38). The summed E-state index contributed by atoms with van der Waals surface area (Å²) in [5.74, 6) is -0.135. The van der Waals surface area contributed by atoms with Crippen LogP contribution in [0.25, 0.3) is 55.7 Å². The van der Waals surface area contributed by atoms with Crippen molar-refractivity contribution >= 4 is 33.5 Å². The van der Waals surface area contributed by atoms with Crippen molar-refractivity contribution in [3.63, 3.8) is 0 Å². The Labute approximate surface area is 223 Å². The van der Waals surface area contributed by atoms with Crippen molar-refractivity contribution in [3.05, 3.63) is 84.9 Å². The Hall–Kier alpha value is -4.85. The molecule has 0 unspecified atom stereocenters. The van der Waals surface area contributed by atoms with E-state index in [0.717, 1.165) is 70.2 Å². The van der Waals surface area contributed by atoms with Gasteiger partial charge < -0.3 is 10.3 Å². The maximum absolute atomic E-state index is 13.9. The number of carbonyl (C=O) groups is 1. The number of aromatic amines is 2. The number of rotatable bonds is 5. The van der Waals surface area contributed by atoms with Crippen LogP contribution in [0.15, 0.2) is 79.1 Å². The van der Waals surface area contributed by atoms with Crippen molar-refractivity contribution in [2.24, 2.45) is 5.92 Å². The molecule has 6 aromatic rings. The van der Waals surface area contributed by atoms with Crippen molar-refractivity contribution in [3.8, 4) is 33.8 Å². The van der Waals surface area contributed by atoms with Crippen LogP contribution in [-0.2, 0) is 4.79 Å². The molecule has 2 aromatic carbocycles. The number of anilines is 1. The lowest BCUT2D eigenvalue weighted by Crippen LogP contribution is -2.20. The molecule has 0 saturated heterocycles. The molecule has 4 heterocycles. The average molecular weight is 517 g/mol. The first-order valence-electron chi connectivity index (χ1n) is 13.1. The molecule has 39 heavy (non-hydrogen) atoms. The molecule has 1 aliphatic rings. The van der Waals surface area contributed by atoms with E-state index in [1.165, 1.54) is 12.1 Å². The summed E-state index contributed by atoms with van der Waals surface area (Å²) < 4.78 is 13.9. The minimum Gasteiger partial charge on any atom is -0.353 e. The second-order valence-corrected chi connectivity index (χ2v) is 10.1. The quantitative estimate of drug-likeness (QED) is 0.227. The summed E-state index contributed by atoms with van der Waals surface area (Å²) in [6, 6.07) is 20.3. The van der Waals surface area contributed by atoms with Crippen LogP contribution >= 0.6 is 0 Å². The van der Waals surface area contributed by atoms with Gasteiger partial charge in [-0.05, 0) is 66.4 Å². The molecule has 3 N–H and O–H groups in total. The van der Waals surface area contributed by atoms with Gasteiger partial charge in [0.1, 0.15) is 17.0 Å². The Kier molecular flexibility index (Phi) is 5.65. The third-order valence-electron chi connectivity index (χ3n) is 7.49. The summed E-state index contributed by atoms with van der Waals surface area (Å²) in [6.07, 6.45) is 7.51. The van der Waals surface area contributed by atoms with Gasteiger partial charge in [-0.2, -0.15) is 5.10 Å². The predicted octanol–water partition coefficient (Wildman–Crippen LogP) is 7.10. The zero-order valence-electron chi connectivity index (χ0n) is 21.0. The minimum absolute atomic E-state index is 0.0587. The SMILES string of the molecule is O=C(Nc1cncc(-c2ccc3[nH]nc(-c4cc5c(-c6cccc(F)c6)cccc5[nH]4)c3n2)c1)C1CCCC1. The van der Waals surface area contributed by atoms with E-state index in [9.17, 15) is 9.18 Å². The minimum atomic E-state index is -0.271. The molecule has 4 aromatic heterocycles. The van der Waals surface area contributed by atoms with E-state index in [1.54, 1.807) is 18.5 Å². The molecular formula is C31H25FN6O. The summed E-state index contributed by atoms with van der Waals surface area (Å²) in [4.78, 5) is 25.4. The van der Waals surface area contributed by atoms with Crippen molar-refractivity contribution in [1.29, 1.82) is 0 Å². The van der Waals surface area contributed by atoms with E-state index in [0.29, 0.717) is 16.9 Å². The zero-order valence-corrected chi connectivity index (χ0v) is 21.0. The van der Waals surface area contributed by atoms with Gasteiger partial charge in [0.2, 0.25) is 5.91 Å². The first-order valence-corrected chi connectivity index (χ1v) is 13.1. The van der Waals surface area contributed by atoms with Gasteiger partial charge in [-0.15, -0.1) is 0 Å². The molecule has 0 spiro atoms. The third-order valence-corrected chi connectivity index (χ3v) is 7.49. The van der Waals surface area contributed by atoms with Crippen LogP contribution in [0.5, 0.6) is 0 Å². The number of halogens is 1. The van der Waals surface area contributed by atoms with Gasteiger partial charge >= 0.3 is 0 Å². The number of H-pyrrole nitrogens is 2. The van der Waals surface area contributed by atoms with Crippen molar-refractivity contribution in [2.75, 3.05) is 5.32 Å². The first kappa shape index (κ1) is 23.3. The van der Waals surface area contributed by atoms with E-state index < -0.39 is 0 Å². The van der Waals surface area contributed by atoms with Crippen LogP contribution < -0.4 is 5.32 Å². The zero-order chi connectivity index (χ0) is 26.3. The summed E-state index contributed by atoms with van der Waals surface area (Å²) in [6.45, 7) is 0. The largest absolute Gasteiger partial charge is 0.353 e. The van der Waals surface area contributed by atoms with E-state index in [2.05, 4.69) is 25.5 Å². The molecule has 1 amide bonds. The second-order valence-electron chi connectivity index (χ2n) is 10.1. The van der Waals surface area contributed by atoms with Crippen LogP contribution in [-0.4, -0.2) is 31.1 Å². The van der Waals surface area contributed by atoms with Gasteiger partial charge in [-0.25, -0.2) is 9.37 Å². The number of carbonyl (C=O) groups excluding carboxylic acids is 1. The average Bonchev–Trinajstić information content (AvgIpc) is 3.72. The van der Waals surface area contributed by atoms with Crippen molar-refractivity contribution in [1.82, 2.24) is 25.1 Å². The molecule has 7 rings (SSSR count). The van der Waals surface area contributed by atoms with Gasteiger partial charge in [0.25, 0.3) is 0 Å². The molecule has 0 bridgehead atoms. The highest BCUT2D eigenvalue weighted by Gasteiger charge is 2.23. The smallest absolute Gasteiger partial charge is 0.227 e. The highest BCUT2D eigenvalue weighted by molar-refractivity contribution is 6.00. The van der Waals surface area contributed by atoms with Crippen LogP contribution in [0.2, 0.25) is 0 Å². The van der Waals surface area contributed by atoms with E-state index in [4.69, 9.17) is 4.98 Å². The van der Waals surface area contributed by atoms with Gasteiger partial charge in [0, 0.05) is 28.6 Å². The summed E-state index contributed by atoms with van der Waals surface area (Å²) >= 11 is 0. The molecular weight excluding hydrogens is 491 g/mol. The maximum Gasteiger partial charge on any atom is 0.227 e. The molecule has 192 valence electrons. The van der Waals surface area contributed by atoms with E-state index >= 15 is 0 Å². The van der Waals surface area contributed by atoms with Crippen molar-refractivity contribution < 1.29 is 9.18 Å². The Morgan fingerprint density at radius 2 is 1.79 bits per heavy atom. The highest BCUT2D eigenvalue weighted by atomic mass is 19.1. The lowest BCUT2D eigenvalue weighted by Gasteiger charge is -2.11. The number of pyridine rings is 2. The monoisotopic (exact) mass is 516 g/mol. The van der Waals surface area contributed by atoms with Gasteiger partial charge in [-0.3, -0.25) is 14.9 Å². The lowest BCUT2D eigenvalue weighted by molar-refractivity contribution is -0.119. The fraction of sp³-hybridized carbons (Fsp3) is 0.161. The van der Waals surface area contributed by atoms with E-state index in [-0.39, 0.29) is 17.6 Å². The van der Waals surface area contributed by atoms with Gasteiger partial charge in [0.05, 0.1) is 28.8 Å². The van der Waals surface area contributed by atoms with Crippen LogP contribution in [0.4, 0.5) is 10.1 Å². The Balaban J connectivity index is 1.25. The van der Waals surface area contributed by atoms with Crippen LogP contribution in [0, 0.1) is 11.7 Å². The summed E-state index contributed by atoms with van der Waals surface area (Å²) in [5.41, 5.74) is 7.88. The van der Waals surface area contributed by atoms with Crippen LogP contribution in [0.3, 0.4) is 0 Å². The summed E-state index contributed by atoms with van der Waals surface area (Å²) in [5, 5.41) is 11.6. The van der Waals surface area contributed by atoms with Crippen LogP contribution in [0.1, 0.15) is 25.7 Å². The topological polar surface area (TPSA) is 99.4 Å². The molecule has 0 aliphatic heterocycles. The molecule has 1 fully saturated rings. The number of aromatic nitrogens is 5. The molecule has 0 atom stereocenters. The number of benzene rings is 2. The fourth-order valence-corrected chi connectivity index (χ4v) is 5.52. The number of fused-ring (bicyclic) bond motifs is 2. The number of hydrogen-bond donors (Lipinski definition) is 3. The fourth-order valence-electron chi connectivity index (χ4n) is 5.52. The van der Waals surface area contributed by atoms with Crippen molar-refractivity contribution in [2.45, 2.75) is 25.7 Å². The Morgan fingerprint density at radius 1 is 0.923 bits per heavy atom. The number of hydrogen-bond acceptors (Lipinski definition) is 4. The van der Waals surface area contributed by atoms with E-state index in [1.807, 2.05) is 48.5 Å². The third kappa shape index (κ3) is 4.33. The molecule has 8 heteroatoms. The maximum atomic E-state index is 13.9. The molecule has 7 nitrogen and oxygen atoms in total. The number of nitrogens with zero attached hydrogens (tertiary/aromatic N) is 3. The predicted molar refractivity (Wildman–Crippen MR) is 150 cm³/mol. The Bertz CT molecular complexity index is 1850. The highest BCUT2D eigenvalue weighted by Crippen LogP contribution is 2.34. The molecule has 1 aliphatic carbocycles. The number of nitrogens with one attached hydrogen (secondary N) is 3. The molecule has 1 saturated carbocycles. The normalized spacial score (nSPS) is 13.9. The summed E-state index contributed by atoms with van der Waals surface area (Å²) in [7, 11) is 0. The second kappa shape index (κ2) is 9.47. The Morgan fingerprint density at radius 3 is 2.67 bits per heavy atom. The number of amides is 1. The van der Waals surface area contributed by atoms with Gasteiger partial charge in [-0.1, -0.05) is 37.1 Å².